The Bertz CT molecular complexity index is 1590. The van der Waals surface area contributed by atoms with Crippen LogP contribution in [0.1, 0.15) is 16.1 Å². The second-order valence-electron chi connectivity index (χ2n) is 7.65. The molecule has 170 valence electrons. The highest BCUT2D eigenvalue weighted by molar-refractivity contribution is 5.96. The lowest BCUT2D eigenvalue weighted by Crippen LogP contribution is -2.08. The van der Waals surface area contributed by atoms with Crippen LogP contribution in [0.4, 0.5) is 0 Å². The molecule has 2 heterocycles. The molecular weight excluding hydrogens is 436 g/mol. The van der Waals surface area contributed by atoms with Gasteiger partial charge in [-0.2, -0.15) is 0 Å². The van der Waals surface area contributed by atoms with Gasteiger partial charge >= 0.3 is 11.6 Å². The molecule has 0 spiro atoms. The first-order valence-electron chi connectivity index (χ1n) is 10.5. The molecule has 0 aliphatic heterocycles. The quantitative estimate of drug-likeness (QED) is 0.189. The van der Waals surface area contributed by atoms with Gasteiger partial charge in [0.15, 0.2) is 11.3 Å². The molecule has 5 aromatic rings. The Morgan fingerprint density at radius 3 is 2.35 bits per heavy atom. The lowest BCUT2D eigenvalue weighted by Gasteiger charge is -2.10. The summed E-state index contributed by atoms with van der Waals surface area (Å²) in [6.07, 6.45) is 0. The lowest BCUT2D eigenvalue weighted by molar-refractivity contribution is 0.0704. The van der Waals surface area contributed by atoms with E-state index in [1.165, 1.54) is 7.11 Å². The number of carbonyl (C=O) groups excluding carboxylic acids is 1. The van der Waals surface area contributed by atoms with Crippen molar-refractivity contribution in [1.29, 1.82) is 0 Å². The fourth-order valence-corrected chi connectivity index (χ4v) is 3.94. The molecule has 5 rings (SSSR count). The molecule has 0 saturated carbocycles. The number of methoxy groups -OCH3 is 2. The molecule has 2 aromatic heterocycles. The average Bonchev–Trinajstić information content (AvgIpc) is 3.30. The minimum atomic E-state index is -0.650. The molecule has 3 aromatic carbocycles. The Kier molecular flexibility index (Phi) is 5.30. The first kappa shape index (κ1) is 21.3. The van der Waals surface area contributed by atoms with E-state index >= 15 is 0 Å². The average molecular weight is 456 g/mol. The summed E-state index contributed by atoms with van der Waals surface area (Å²) in [4.78, 5) is 25.5. The van der Waals surface area contributed by atoms with Crippen molar-refractivity contribution in [2.45, 2.75) is 6.92 Å². The molecule has 7 heteroatoms. The summed E-state index contributed by atoms with van der Waals surface area (Å²) in [7, 11) is 3.11. The molecule has 0 saturated heterocycles. The van der Waals surface area contributed by atoms with Crippen molar-refractivity contribution in [3.63, 3.8) is 0 Å². The number of hydrogen-bond acceptors (Lipinski definition) is 7. The number of benzene rings is 3. The Morgan fingerprint density at radius 1 is 0.853 bits per heavy atom. The van der Waals surface area contributed by atoms with Crippen LogP contribution in [-0.2, 0) is 0 Å². The van der Waals surface area contributed by atoms with E-state index in [0.717, 1.165) is 5.39 Å². The largest absolute Gasteiger partial charge is 0.497 e. The highest BCUT2D eigenvalue weighted by Crippen LogP contribution is 2.32. The lowest BCUT2D eigenvalue weighted by atomic mass is 9.99. The molecule has 0 radical (unpaired) electrons. The van der Waals surface area contributed by atoms with Crippen molar-refractivity contribution in [3.05, 3.63) is 88.5 Å². The smallest absolute Gasteiger partial charge is 0.379 e. The van der Waals surface area contributed by atoms with Crippen molar-refractivity contribution in [1.82, 2.24) is 0 Å². The third-order valence-corrected chi connectivity index (χ3v) is 5.66. The number of furan rings is 1. The number of rotatable bonds is 5. The van der Waals surface area contributed by atoms with E-state index in [1.807, 2.05) is 19.1 Å². The maximum Gasteiger partial charge on any atom is 0.379 e. The van der Waals surface area contributed by atoms with Gasteiger partial charge in [-0.15, -0.1) is 0 Å². The van der Waals surface area contributed by atoms with Gasteiger partial charge in [0.25, 0.3) is 0 Å². The van der Waals surface area contributed by atoms with E-state index in [9.17, 15) is 9.59 Å². The molecule has 0 amide bonds. The van der Waals surface area contributed by atoms with Gasteiger partial charge in [-0.1, -0.05) is 24.3 Å². The first-order chi connectivity index (χ1) is 16.5. The number of ether oxygens (including phenoxy) is 3. The van der Waals surface area contributed by atoms with Gasteiger partial charge in [-0.25, -0.2) is 9.59 Å². The van der Waals surface area contributed by atoms with E-state index in [4.69, 9.17) is 23.0 Å². The summed E-state index contributed by atoms with van der Waals surface area (Å²) in [6, 6.07) is 19.0. The van der Waals surface area contributed by atoms with Crippen LogP contribution in [0.25, 0.3) is 33.1 Å². The molecule has 0 atom stereocenters. The number of hydrogen-bond donors (Lipinski definition) is 0. The van der Waals surface area contributed by atoms with Gasteiger partial charge in [0.1, 0.15) is 17.1 Å². The fraction of sp³-hybridized carbons (Fsp3) is 0.111. The summed E-state index contributed by atoms with van der Waals surface area (Å²) in [6.45, 7) is 1.83. The van der Waals surface area contributed by atoms with Crippen LogP contribution < -0.4 is 19.8 Å². The highest BCUT2D eigenvalue weighted by atomic mass is 16.5. The van der Waals surface area contributed by atoms with Gasteiger partial charge in [0, 0.05) is 10.8 Å². The van der Waals surface area contributed by atoms with E-state index in [1.54, 1.807) is 61.7 Å². The number of esters is 1. The molecule has 0 aliphatic rings. The number of para-hydroxylation sites is 1. The first-order valence-corrected chi connectivity index (χ1v) is 10.5. The summed E-state index contributed by atoms with van der Waals surface area (Å²) in [5, 5.41) is 1.38. The molecule has 0 N–H and O–H groups in total. The van der Waals surface area contributed by atoms with Crippen LogP contribution in [0.5, 0.6) is 17.2 Å². The highest BCUT2D eigenvalue weighted by Gasteiger charge is 2.19. The zero-order valence-corrected chi connectivity index (χ0v) is 18.7. The zero-order chi connectivity index (χ0) is 23.8. The molecule has 7 nitrogen and oxygen atoms in total. The summed E-state index contributed by atoms with van der Waals surface area (Å²) in [5.74, 6) is 0.906. The monoisotopic (exact) mass is 456 g/mol. The van der Waals surface area contributed by atoms with Gasteiger partial charge in [0.2, 0.25) is 5.76 Å². The van der Waals surface area contributed by atoms with E-state index in [-0.39, 0.29) is 5.76 Å². The van der Waals surface area contributed by atoms with Crippen LogP contribution in [0.15, 0.2) is 80.4 Å². The van der Waals surface area contributed by atoms with Crippen LogP contribution >= 0.6 is 0 Å². The van der Waals surface area contributed by atoms with E-state index in [0.29, 0.717) is 50.5 Å². The maximum absolute atomic E-state index is 12.8. The summed E-state index contributed by atoms with van der Waals surface area (Å²) >= 11 is 0. The summed E-state index contributed by atoms with van der Waals surface area (Å²) in [5.41, 5.74) is 2.26. The topological polar surface area (TPSA) is 88.1 Å². The zero-order valence-electron chi connectivity index (χ0n) is 18.7. The maximum atomic E-state index is 12.8. The minimum absolute atomic E-state index is 0.0508. The van der Waals surface area contributed by atoms with Crippen molar-refractivity contribution >= 4 is 27.9 Å². The van der Waals surface area contributed by atoms with Crippen LogP contribution in [0.3, 0.4) is 0 Å². The Hall–Kier alpha value is -4.52. The minimum Gasteiger partial charge on any atom is -0.497 e. The molecular formula is C27H20O7. The molecule has 0 fully saturated rings. The Balaban J connectivity index is 1.51. The second-order valence-corrected chi connectivity index (χ2v) is 7.65. The normalized spacial score (nSPS) is 11.0. The van der Waals surface area contributed by atoms with E-state index in [2.05, 4.69) is 0 Å². The van der Waals surface area contributed by atoms with Crippen LogP contribution in [-0.4, -0.2) is 20.2 Å². The molecule has 0 bridgehead atoms. The predicted molar refractivity (Wildman–Crippen MR) is 127 cm³/mol. The number of aryl methyl sites for hydroxylation is 1. The van der Waals surface area contributed by atoms with Gasteiger partial charge < -0.3 is 23.0 Å². The van der Waals surface area contributed by atoms with E-state index < -0.39 is 11.6 Å². The van der Waals surface area contributed by atoms with Gasteiger partial charge in [-0.3, -0.25) is 0 Å². The Labute approximate surface area is 194 Å². The van der Waals surface area contributed by atoms with Crippen molar-refractivity contribution in [2.75, 3.05) is 14.2 Å². The third-order valence-electron chi connectivity index (χ3n) is 5.66. The molecule has 0 aliphatic carbocycles. The SMILES string of the molecule is COc1ccc(-c2c(C)c3cc(OC(=O)c4cc5cccc(OC)c5o4)ccc3oc2=O)cc1. The van der Waals surface area contributed by atoms with Gasteiger partial charge in [-0.05, 0) is 60.5 Å². The van der Waals surface area contributed by atoms with Crippen molar-refractivity contribution in [3.8, 4) is 28.4 Å². The number of fused-ring (bicyclic) bond motifs is 2. The molecule has 34 heavy (non-hydrogen) atoms. The third kappa shape index (κ3) is 3.67. The fourth-order valence-electron chi connectivity index (χ4n) is 3.94. The van der Waals surface area contributed by atoms with Gasteiger partial charge in [0.05, 0.1) is 19.8 Å². The predicted octanol–water partition coefficient (Wildman–Crippen LogP) is 5.75. The molecule has 0 unspecified atom stereocenters. The van der Waals surface area contributed by atoms with Crippen molar-refractivity contribution in [2.24, 2.45) is 0 Å². The Morgan fingerprint density at radius 2 is 1.62 bits per heavy atom. The standard InChI is InChI=1S/C27H20O7/c1-15-20-14-19(32-26(28)23-13-17-5-4-6-22(31-3)25(17)33-23)11-12-21(20)34-27(29)24(15)16-7-9-18(30-2)10-8-16/h4-14H,1-3H3. The van der Waals surface area contributed by atoms with Crippen molar-refractivity contribution < 1.29 is 27.8 Å². The summed E-state index contributed by atoms with van der Waals surface area (Å²) < 4.78 is 27.2. The number of carbonyl (C=O) groups is 1. The van der Waals surface area contributed by atoms with Crippen LogP contribution in [0.2, 0.25) is 0 Å². The second kappa shape index (κ2) is 8.44. The van der Waals surface area contributed by atoms with Crippen LogP contribution in [0, 0.1) is 6.92 Å².